The van der Waals surface area contributed by atoms with Gasteiger partial charge in [0.1, 0.15) is 23.7 Å². The zero-order valence-corrected chi connectivity index (χ0v) is 38.1. The lowest BCUT2D eigenvalue weighted by atomic mass is 9.63. The van der Waals surface area contributed by atoms with Crippen LogP contribution in [0.5, 0.6) is 0 Å². The summed E-state index contributed by atoms with van der Waals surface area (Å²) in [5.41, 5.74) is 0.416. The summed E-state index contributed by atoms with van der Waals surface area (Å²) >= 11 is 6.34. The maximum Gasteiger partial charge on any atom is 0.433 e. The van der Waals surface area contributed by atoms with Crippen molar-refractivity contribution >= 4 is 46.8 Å². The average molecular weight is 946 g/mol. The number of pyridine rings is 1. The lowest BCUT2D eigenvalue weighted by Crippen LogP contribution is -2.53. The standard InChI is InChI=1S/C49H52ClF4N7O6/c1-47(2,3)21-38-48(25-56-34-20-37(49(52,53)54)55-22-32(34)48)40(31-5-4-6-33(50)41(31)51)42(58-38)44(64)57-29-10-13-36(67-24-29)46(66)60-17-15-26(16-18-60)7-8-27-9-11-30-28(19-27)23-61(45(30)65)35-12-14-39(62)59-43(35)63/h4-6,9,11,19-20,22,26,29,35-36,38,40,42,56,58H,10,12-18,21,23-25H2,1-3H3,(H,57,64)(H,59,62,63)/t29-,35?,36+,38+,40+,42-,48+/m1/s1. The Morgan fingerprint density at radius 3 is 2.51 bits per heavy atom. The topological polar surface area (TPSA) is 162 Å². The monoisotopic (exact) mass is 945 g/mol. The number of piperidine rings is 2. The number of fused-ring (bicyclic) bond motifs is 3. The van der Waals surface area contributed by atoms with Gasteiger partial charge in [0.05, 0.1) is 23.7 Å². The van der Waals surface area contributed by atoms with E-state index in [0.717, 1.165) is 17.2 Å². The summed E-state index contributed by atoms with van der Waals surface area (Å²) in [4.78, 5) is 72.5. The molecule has 1 spiro atoms. The molecule has 13 nitrogen and oxygen atoms in total. The number of anilines is 1. The highest BCUT2D eigenvalue weighted by Crippen LogP contribution is 2.56. The van der Waals surface area contributed by atoms with Crippen LogP contribution in [-0.4, -0.2) is 101 Å². The number of hydrogen-bond donors (Lipinski definition) is 4. The Morgan fingerprint density at radius 1 is 1.03 bits per heavy atom. The highest BCUT2D eigenvalue weighted by atomic mass is 35.5. The lowest BCUT2D eigenvalue weighted by Gasteiger charge is -2.39. The summed E-state index contributed by atoms with van der Waals surface area (Å²) in [5.74, 6) is 3.39. The van der Waals surface area contributed by atoms with Gasteiger partial charge in [-0.3, -0.25) is 34.3 Å². The highest BCUT2D eigenvalue weighted by Gasteiger charge is 2.62. The van der Waals surface area contributed by atoms with Crippen molar-refractivity contribution < 1.29 is 46.3 Å². The first-order valence-corrected chi connectivity index (χ1v) is 23.2. The fourth-order valence-electron chi connectivity index (χ4n) is 11.0. The first-order valence-electron chi connectivity index (χ1n) is 22.8. The molecule has 1 unspecified atom stereocenters. The molecule has 0 aliphatic carbocycles. The third kappa shape index (κ3) is 9.00. The molecule has 9 rings (SSSR count). The number of hydrogen-bond acceptors (Lipinski definition) is 9. The number of likely N-dealkylation sites (tertiary alicyclic amines) is 1. The first-order chi connectivity index (χ1) is 31.8. The molecule has 4 N–H and O–H groups in total. The van der Waals surface area contributed by atoms with Gasteiger partial charge >= 0.3 is 6.18 Å². The Balaban J connectivity index is 0.828. The number of carbonyl (C=O) groups is 5. The Bertz CT molecular complexity index is 2580. The number of rotatable bonds is 6. The second kappa shape index (κ2) is 17.8. The number of imide groups is 1. The van der Waals surface area contributed by atoms with Crippen molar-refractivity contribution in [3.63, 3.8) is 0 Å². The molecule has 5 amide bonds. The maximum atomic E-state index is 16.2. The molecule has 4 fully saturated rings. The molecule has 7 heterocycles. The molecule has 1 aromatic heterocycles. The molecule has 67 heavy (non-hydrogen) atoms. The van der Waals surface area contributed by atoms with Crippen molar-refractivity contribution in [1.82, 2.24) is 30.7 Å². The zero-order chi connectivity index (χ0) is 47.6. The summed E-state index contributed by atoms with van der Waals surface area (Å²) in [6, 6.07) is 8.24. The third-order valence-corrected chi connectivity index (χ3v) is 14.5. The van der Waals surface area contributed by atoms with Crippen molar-refractivity contribution in [1.29, 1.82) is 0 Å². The van der Waals surface area contributed by atoms with E-state index in [-0.39, 0.29) is 77.9 Å². The molecule has 18 heteroatoms. The van der Waals surface area contributed by atoms with Gasteiger partial charge in [-0.25, -0.2) is 4.39 Å². The van der Waals surface area contributed by atoms with Gasteiger partial charge in [0, 0.05) is 84.5 Å². The van der Waals surface area contributed by atoms with E-state index in [4.69, 9.17) is 16.3 Å². The number of amides is 5. The zero-order valence-electron chi connectivity index (χ0n) is 37.3. The Hall–Kier alpha value is -5.57. The molecule has 2 aromatic carbocycles. The van der Waals surface area contributed by atoms with Gasteiger partial charge in [-0.15, -0.1) is 0 Å². The summed E-state index contributed by atoms with van der Waals surface area (Å²) in [5, 5.41) is 11.9. The Labute approximate surface area is 390 Å². The minimum atomic E-state index is -4.69. The molecule has 3 aromatic rings. The van der Waals surface area contributed by atoms with E-state index in [1.807, 2.05) is 26.8 Å². The normalized spacial score (nSPS) is 27.6. The van der Waals surface area contributed by atoms with Crippen LogP contribution in [-0.2, 0) is 42.1 Å². The summed E-state index contributed by atoms with van der Waals surface area (Å²) in [7, 11) is 0. The van der Waals surface area contributed by atoms with Crippen molar-refractivity contribution in [2.45, 2.75) is 120 Å². The van der Waals surface area contributed by atoms with E-state index >= 15 is 4.39 Å². The molecule has 6 aliphatic heterocycles. The van der Waals surface area contributed by atoms with Gasteiger partial charge in [0.25, 0.3) is 11.8 Å². The van der Waals surface area contributed by atoms with Crippen molar-refractivity contribution in [3.8, 4) is 11.8 Å². The van der Waals surface area contributed by atoms with Crippen LogP contribution in [0.1, 0.15) is 110 Å². The summed E-state index contributed by atoms with van der Waals surface area (Å²) < 4.78 is 63.8. The second-order valence-corrected chi connectivity index (χ2v) is 20.2. The van der Waals surface area contributed by atoms with Gasteiger partial charge in [0.2, 0.25) is 17.7 Å². The molecule has 6 aliphatic rings. The van der Waals surface area contributed by atoms with Crippen LogP contribution in [0.25, 0.3) is 0 Å². The van der Waals surface area contributed by atoms with Gasteiger partial charge in [-0.2, -0.15) is 13.2 Å². The number of benzene rings is 2. The van der Waals surface area contributed by atoms with Gasteiger partial charge in [0.15, 0.2) is 0 Å². The minimum Gasteiger partial charge on any atom is -0.384 e. The highest BCUT2D eigenvalue weighted by molar-refractivity contribution is 6.30. The molecule has 7 atom stereocenters. The van der Waals surface area contributed by atoms with Gasteiger partial charge < -0.3 is 30.5 Å². The molecule has 0 saturated carbocycles. The van der Waals surface area contributed by atoms with E-state index in [0.29, 0.717) is 56.3 Å². The quantitative estimate of drug-likeness (QED) is 0.135. The Kier molecular flexibility index (Phi) is 12.4. The van der Waals surface area contributed by atoms with E-state index in [2.05, 4.69) is 38.1 Å². The summed E-state index contributed by atoms with van der Waals surface area (Å²) in [6.45, 7) is 7.51. The first kappa shape index (κ1) is 46.5. The number of carbonyl (C=O) groups excluding carboxylic acids is 5. The minimum absolute atomic E-state index is 0.0448. The van der Waals surface area contributed by atoms with Crippen LogP contribution < -0.4 is 21.3 Å². The predicted molar refractivity (Wildman–Crippen MR) is 238 cm³/mol. The van der Waals surface area contributed by atoms with Crippen LogP contribution in [0.4, 0.5) is 23.2 Å². The molecular weight excluding hydrogens is 894 g/mol. The number of nitrogens with zero attached hydrogens (tertiary/aromatic N) is 3. The van der Waals surface area contributed by atoms with E-state index in [9.17, 15) is 37.1 Å². The largest absolute Gasteiger partial charge is 0.433 e. The fourth-order valence-corrected chi connectivity index (χ4v) is 11.1. The van der Waals surface area contributed by atoms with Crippen LogP contribution in [0.3, 0.4) is 0 Å². The summed E-state index contributed by atoms with van der Waals surface area (Å²) in [6.07, 6.45) is -1.09. The number of aromatic nitrogens is 1. The molecule has 354 valence electrons. The number of halogens is 5. The number of nitrogens with one attached hydrogen (secondary N) is 4. The molecule has 4 saturated heterocycles. The van der Waals surface area contributed by atoms with E-state index in [1.54, 1.807) is 29.2 Å². The van der Waals surface area contributed by atoms with Crippen molar-refractivity contribution in [2.24, 2.45) is 11.3 Å². The Morgan fingerprint density at radius 2 is 1.81 bits per heavy atom. The second-order valence-electron chi connectivity index (χ2n) is 19.8. The van der Waals surface area contributed by atoms with Gasteiger partial charge in [-0.05, 0) is 85.4 Å². The van der Waals surface area contributed by atoms with Crippen molar-refractivity contribution in [3.05, 3.63) is 93.0 Å². The SMILES string of the molecule is CC(C)(C)C[C@@H]1N[C@@H](C(=O)N[C@@H]2CC[C@@H](C(=O)N3CCC(C#Cc4ccc5c(c4)CN(C4CCC(=O)NC4=O)C5=O)CC3)OC2)[C@H](c2cccc(Cl)c2F)[C@]12CNc1cc(C(F)(F)F)ncc12. The van der Waals surface area contributed by atoms with Crippen LogP contribution >= 0.6 is 11.6 Å². The van der Waals surface area contributed by atoms with Crippen LogP contribution in [0.15, 0.2) is 48.7 Å². The predicted octanol–water partition coefficient (Wildman–Crippen LogP) is 5.83. The number of alkyl halides is 3. The fraction of sp³-hybridized carbons (Fsp3) is 0.510. The van der Waals surface area contributed by atoms with Crippen molar-refractivity contribution in [2.75, 3.05) is 31.6 Å². The smallest absolute Gasteiger partial charge is 0.384 e. The van der Waals surface area contributed by atoms with E-state index < -0.39 is 71.1 Å². The maximum absolute atomic E-state index is 16.2. The van der Waals surface area contributed by atoms with Crippen LogP contribution in [0, 0.1) is 29.0 Å². The average Bonchev–Trinajstić information content (AvgIpc) is 3.93. The molecule has 0 bridgehead atoms. The van der Waals surface area contributed by atoms with Crippen LogP contribution in [0.2, 0.25) is 5.02 Å². The molecular formula is C49H52ClF4N7O6. The lowest BCUT2D eigenvalue weighted by molar-refractivity contribution is -0.149. The number of ether oxygens (including phenoxy) is 1. The van der Waals surface area contributed by atoms with Gasteiger partial charge in [-0.1, -0.05) is 56.3 Å². The molecule has 0 radical (unpaired) electrons. The van der Waals surface area contributed by atoms with E-state index in [1.165, 1.54) is 17.2 Å². The third-order valence-electron chi connectivity index (χ3n) is 14.2.